The molecule has 7 N–H and O–H groups in total. The van der Waals surface area contributed by atoms with Gasteiger partial charge >= 0.3 is 0 Å². The number of rotatable bonds is 58. The van der Waals surface area contributed by atoms with Crippen molar-refractivity contribution in [3.63, 3.8) is 0 Å². The van der Waals surface area contributed by atoms with Crippen molar-refractivity contribution in [1.82, 2.24) is 5.32 Å². The minimum atomic E-state index is -1.62. The number of aliphatic hydroxyl groups excluding tert-OH is 6. The molecule has 10 heteroatoms. The Balaban J connectivity index is 2.12. The minimum Gasteiger partial charge on any atom is -0.394 e. The van der Waals surface area contributed by atoms with E-state index < -0.39 is 61.5 Å². The van der Waals surface area contributed by atoms with E-state index in [0.29, 0.717) is 19.3 Å². The fraction of sp³-hybridized carbons (Fsp3) is 0.841. The van der Waals surface area contributed by atoms with Crippen LogP contribution >= 0.6 is 0 Å². The molecule has 1 saturated heterocycles. The highest BCUT2D eigenvalue weighted by Gasteiger charge is 2.44. The molecule has 462 valence electrons. The van der Waals surface area contributed by atoms with E-state index in [2.05, 4.69) is 67.8 Å². The average Bonchev–Trinajstić information content (AvgIpc) is 3.45. The zero-order valence-electron chi connectivity index (χ0n) is 51.2. The number of hydrogen-bond donors (Lipinski definition) is 7. The van der Waals surface area contributed by atoms with E-state index in [1.807, 2.05) is 6.08 Å². The summed E-state index contributed by atoms with van der Waals surface area (Å²) >= 11 is 0. The van der Waals surface area contributed by atoms with E-state index in [4.69, 9.17) is 9.47 Å². The monoisotopic (exact) mass is 1110 g/mol. The number of allylic oxidation sites excluding steroid dienone is 9. The third kappa shape index (κ3) is 46.0. The zero-order chi connectivity index (χ0) is 57.3. The lowest BCUT2D eigenvalue weighted by Crippen LogP contribution is -2.60. The maximum Gasteiger partial charge on any atom is 0.249 e. The van der Waals surface area contributed by atoms with Crippen molar-refractivity contribution in [3.8, 4) is 0 Å². The SMILES string of the molecule is CCCCCCCC/C=C/CC/C=C/CC/C=C/C(O)C(COC1OC(CO)C(O)C(O)C1O)NC(=O)C(O)CCCCCCCCCCCCCCCCCC/C=C\C/C=C\CCCCCCCCCCCCCCCCC. The average molecular weight is 1110 g/mol. The highest BCUT2D eigenvalue weighted by Crippen LogP contribution is 2.23. The molecule has 1 fully saturated rings. The maximum absolute atomic E-state index is 13.2. The predicted molar refractivity (Wildman–Crippen MR) is 333 cm³/mol. The molecule has 0 saturated carbocycles. The standard InChI is InChI=1S/C69H127NO9/c1-3-5-7-9-11-13-15-17-19-21-22-23-24-25-26-27-28-29-30-31-32-33-34-35-36-37-38-39-40-41-42-44-46-48-50-52-54-56-58-63(73)68(77)70-61(60-78-69-67(76)66(75)65(74)64(59-71)79-69)62(72)57-55-53-51-49-47-45-43-20-18-16-14-12-10-8-6-4-2/h18,20,28-29,31-32,47,49,55,57,61-67,69,71-76H,3-17,19,21-27,30,33-46,48,50-54,56,58-60H2,1-2H3,(H,70,77)/b20-18+,29-28-,32-31-,49-47+,57-55+. The van der Waals surface area contributed by atoms with E-state index >= 15 is 0 Å². The lowest BCUT2D eigenvalue weighted by atomic mass is 9.99. The minimum absolute atomic E-state index is 0.300. The summed E-state index contributed by atoms with van der Waals surface area (Å²) in [6.07, 6.45) is 69.4. The summed E-state index contributed by atoms with van der Waals surface area (Å²) in [7, 11) is 0. The van der Waals surface area contributed by atoms with Crippen molar-refractivity contribution in [1.29, 1.82) is 0 Å². The van der Waals surface area contributed by atoms with Crippen LogP contribution in [0.5, 0.6) is 0 Å². The van der Waals surface area contributed by atoms with Crippen LogP contribution in [0.3, 0.4) is 0 Å². The normalized spacial score (nSPS) is 19.3. The zero-order valence-corrected chi connectivity index (χ0v) is 51.2. The van der Waals surface area contributed by atoms with Gasteiger partial charge in [-0.05, 0) is 77.0 Å². The fourth-order valence-corrected chi connectivity index (χ4v) is 10.5. The fourth-order valence-electron chi connectivity index (χ4n) is 10.5. The van der Waals surface area contributed by atoms with Crippen LogP contribution in [0.2, 0.25) is 0 Å². The Morgan fingerprint density at radius 3 is 1.18 bits per heavy atom. The first-order chi connectivity index (χ1) is 38.8. The number of ether oxygens (including phenoxy) is 2. The Kier molecular flexibility index (Phi) is 54.6. The van der Waals surface area contributed by atoms with Crippen LogP contribution in [0, 0.1) is 0 Å². The van der Waals surface area contributed by atoms with Crippen molar-refractivity contribution < 1.29 is 44.9 Å². The van der Waals surface area contributed by atoms with Gasteiger partial charge in [-0.3, -0.25) is 4.79 Å². The lowest BCUT2D eigenvalue weighted by molar-refractivity contribution is -0.302. The van der Waals surface area contributed by atoms with Gasteiger partial charge < -0.3 is 45.4 Å². The Hall–Kier alpha value is -2.15. The Bertz CT molecular complexity index is 1450. The van der Waals surface area contributed by atoms with E-state index in [1.54, 1.807) is 6.08 Å². The van der Waals surface area contributed by atoms with Crippen molar-refractivity contribution in [2.24, 2.45) is 0 Å². The van der Waals surface area contributed by atoms with Crippen LogP contribution in [0.1, 0.15) is 309 Å². The highest BCUT2D eigenvalue weighted by molar-refractivity contribution is 5.80. The molecule has 8 atom stereocenters. The number of unbranched alkanes of at least 4 members (excludes halogenated alkanes) is 39. The second kappa shape index (κ2) is 57.7. The van der Waals surface area contributed by atoms with Crippen LogP contribution in [0.25, 0.3) is 0 Å². The van der Waals surface area contributed by atoms with Gasteiger partial charge in [-0.2, -0.15) is 0 Å². The summed E-state index contributed by atoms with van der Waals surface area (Å²) in [4.78, 5) is 13.2. The maximum atomic E-state index is 13.2. The molecule has 10 nitrogen and oxygen atoms in total. The largest absolute Gasteiger partial charge is 0.394 e. The van der Waals surface area contributed by atoms with Gasteiger partial charge in [-0.25, -0.2) is 0 Å². The van der Waals surface area contributed by atoms with E-state index in [0.717, 1.165) is 51.4 Å². The van der Waals surface area contributed by atoms with Crippen LogP contribution < -0.4 is 5.32 Å². The number of hydrogen-bond acceptors (Lipinski definition) is 9. The summed E-state index contributed by atoms with van der Waals surface area (Å²) in [5, 5.41) is 65.1. The van der Waals surface area contributed by atoms with Gasteiger partial charge in [0.2, 0.25) is 5.91 Å². The molecule has 0 aromatic carbocycles. The molecule has 0 aromatic rings. The van der Waals surface area contributed by atoms with Gasteiger partial charge in [0, 0.05) is 0 Å². The molecular weight excluding hydrogens is 987 g/mol. The van der Waals surface area contributed by atoms with Gasteiger partial charge in [0.1, 0.15) is 30.5 Å². The van der Waals surface area contributed by atoms with Crippen LogP contribution in [0.15, 0.2) is 60.8 Å². The smallest absolute Gasteiger partial charge is 0.249 e. The number of carbonyl (C=O) groups is 1. The molecule has 0 radical (unpaired) electrons. The van der Waals surface area contributed by atoms with Gasteiger partial charge in [0.05, 0.1) is 25.4 Å². The first-order valence-electron chi connectivity index (χ1n) is 33.6. The lowest BCUT2D eigenvalue weighted by Gasteiger charge is -2.40. The molecule has 0 spiro atoms. The number of amides is 1. The van der Waals surface area contributed by atoms with Gasteiger partial charge in [-0.15, -0.1) is 0 Å². The third-order valence-electron chi connectivity index (χ3n) is 15.9. The Morgan fingerprint density at radius 1 is 0.443 bits per heavy atom. The second-order valence-corrected chi connectivity index (χ2v) is 23.4. The molecule has 0 bridgehead atoms. The van der Waals surface area contributed by atoms with Crippen LogP contribution in [0.4, 0.5) is 0 Å². The number of nitrogens with one attached hydrogen (secondary N) is 1. The molecule has 79 heavy (non-hydrogen) atoms. The quantitative estimate of drug-likeness (QED) is 0.0232. The molecule has 1 rings (SSSR count). The van der Waals surface area contributed by atoms with Crippen molar-refractivity contribution in [2.45, 2.75) is 358 Å². The van der Waals surface area contributed by atoms with E-state index in [1.165, 1.54) is 225 Å². The van der Waals surface area contributed by atoms with Crippen molar-refractivity contribution >= 4 is 5.91 Å². The highest BCUT2D eigenvalue weighted by atomic mass is 16.7. The summed E-state index contributed by atoms with van der Waals surface area (Å²) in [6, 6.07) is -1.01. The molecule has 1 heterocycles. The Morgan fingerprint density at radius 2 is 0.785 bits per heavy atom. The topological polar surface area (TPSA) is 169 Å². The third-order valence-corrected chi connectivity index (χ3v) is 15.9. The summed E-state index contributed by atoms with van der Waals surface area (Å²) in [5.74, 6) is -0.629. The number of aliphatic hydroxyl groups is 6. The molecule has 1 amide bonds. The van der Waals surface area contributed by atoms with E-state index in [-0.39, 0.29) is 6.61 Å². The van der Waals surface area contributed by atoms with Gasteiger partial charge in [-0.1, -0.05) is 293 Å². The van der Waals surface area contributed by atoms with Gasteiger partial charge in [0.15, 0.2) is 6.29 Å². The predicted octanol–water partition coefficient (Wildman–Crippen LogP) is 16.8. The molecule has 1 aliphatic heterocycles. The molecule has 1 aliphatic rings. The molecule has 0 aliphatic carbocycles. The van der Waals surface area contributed by atoms with Crippen LogP contribution in [-0.2, 0) is 14.3 Å². The summed E-state index contributed by atoms with van der Waals surface area (Å²) in [6.45, 7) is 3.61. The molecule has 8 unspecified atom stereocenters. The molecule has 0 aromatic heterocycles. The Labute approximate surface area is 486 Å². The second-order valence-electron chi connectivity index (χ2n) is 23.4. The van der Waals surface area contributed by atoms with Crippen molar-refractivity contribution in [2.75, 3.05) is 13.2 Å². The van der Waals surface area contributed by atoms with Crippen molar-refractivity contribution in [3.05, 3.63) is 60.8 Å². The number of carbonyl (C=O) groups excluding carboxylic acids is 1. The summed E-state index contributed by atoms with van der Waals surface area (Å²) < 4.78 is 11.2. The van der Waals surface area contributed by atoms with E-state index in [9.17, 15) is 35.4 Å². The first kappa shape index (κ1) is 74.9. The van der Waals surface area contributed by atoms with Gasteiger partial charge in [0.25, 0.3) is 0 Å². The first-order valence-corrected chi connectivity index (χ1v) is 33.6. The van der Waals surface area contributed by atoms with Crippen LogP contribution in [-0.4, -0.2) is 98.7 Å². The molecular formula is C69H127NO9. The summed E-state index contributed by atoms with van der Waals surface area (Å²) in [5.41, 5.74) is 0.